The Morgan fingerprint density at radius 1 is 1.11 bits per heavy atom. The summed E-state index contributed by atoms with van der Waals surface area (Å²) in [6, 6.07) is 14.4. The van der Waals surface area contributed by atoms with Crippen LogP contribution in [0.3, 0.4) is 0 Å². The molecule has 1 aliphatic heterocycles. The summed E-state index contributed by atoms with van der Waals surface area (Å²) in [7, 11) is 0. The van der Waals surface area contributed by atoms with Gasteiger partial charge in [0.15, 0.2) is 5.16 Å². The molecular formula is C20H15F3N2OS2. The molecule has 4 rings (SSSR count). The summed E-state index contributed by atoms with van der Waals surface area (Å²) in [6.07, 6.45) is -3.65. The van der Waals surface area contributed by atoms with Gasteiger partial charge < -0.3 is 0 Å². The van der Waals surface area contributed by atoms with Gasteiger partial charge in [-0.25, -0.2) is 4.98 Å². The van der Waals surface area contributed by atoms with E-state index in [0.29, 0.717) is 21.3 Å². The molecule has 0 N–H and O–H groups in total. The first-order chi connectivity index (χ1) is 13.4. The molecule has 1 aromatic heterocycles. The van der Waals surface area contributed by atoms with Crippen molar-refractivity contribution in [3.8, 4) is 5.69 Å². The molecular weight excluding hydrogens is 405 g/mol. The summed E-state index contributed by atoms with van der Waals surface area (Å²) in [4.78, 5) is 18.3. The highest BCUT2D eigenvalue weighted by atomic mass is 32.2. The van der Waals surface area contributed by atoms with Gasteiger partial charge in [-0.1, -0.05) is 48.2 Å². The zero-order valence-corrected chi connectivity index (χ0v) is 16.2. The SMILES string of the molecule is O=c1c2c(nc(SCc3cccc(C(F)(F)F)c3)n1-c1ccccc1)CCS2. The van der Waals surface area contributed by atoms with Crippen LogP contribution >= 0.6 is 23.5 Å². The average Bonchev–Trinajstić information content (AvgIpc) is 3.16. The van der Waals surface area contributed by atoms with Crippen molar-refractivity contribution in [1.29, 1.82) is 0 Å². The summed E-state index contributed by atoms with van der Waals surface area (Å²) in [6.45, 7) is 0. The number of halogens is 3. The molecule has 2 aromatic carbocycles. The summed E-state index contributed by atoms with van der Waals surface area (Å²) in [5.74, 6) is 1.10. The van der Waals surface area contributed by atoms with Crippen molar-refractivity contribution in [2.45, 2.75) is 28.4 Å². The first-order valence-electron chi connectivity index (χ1n) is 8.56. The van der Waals surface area contributed by atoms with Crippen molar-refractivity contribution in [3.05, 3.63) is 81.8 Å². The number of aromatic nitrogens is 2. The molecule has 1 aliphatic rings. The van der Waals surface area contributed by atoms with Crippen LogP contribution in [-0.4, -0.2) is 15.3 Å². The molecule has 0 unspecified atom stereocenters. The van der Waals surface area contributed by atoms with E-state index in [1.807, 2.05) is 30.3 Å². The van der Waals surface area contributed by atoms with Gasteiger partial charge in [-0.05, 0) is 23.8 Å². The van der Waals surface area contributed by atoms with E-state index in [1.165, 1.54) is 29.6 Å². The Bertz CT molecular complexity index is 1070. The second-order valence-corrected chi connectivity index (χ2v) is 8.28. The molecule has 0 amide bonds. The van der Waals surface area contributed by atoms with Crippen LogP contribution in [0, 0.1) is 0 Å². The number of alkyl halides is 3. The lowest BCUT2D eigenvalue weighted by molar-refractivity contribution is -0.137. The van der Waals surface area contributed by atoms with Gasteiger partial charge in [0, 0.05) is 17.9 Å². The molecule has 3 nitrogen and oxygen atoms in total. The van der Waals surface area contributed by atoms with Gasteiger partial charge in [-0.2, -0.15) is 13.2 Å². The van der Waals surface area contributed by atoms with E-state index in [1.54, 1.807) is 10.6 Å². The number of aryl methyl sites for hydroxylation is 1. The number of hydrogen-bond acceptors (Lipinski definition) is 4. The van der Waals surface area contributed by atoms with Gasteiger partial charge in [-0.3, -0.25) is 9.36 Å². The highest BCUT2D eigenvalue weighted by molar-refractivity contribution is 7.99. The van der Waals surface area contributed by atoms with Crippen LogP contribution in [-0.2, 0) is 18.3 Å². The predicted octanol–water partition coefficient (Wildman–Crippen LogP) is 5.19. The van der Waals surface area contributed by atoms with Gasteiger partial charge in [-0.15, -0.1) is 11.8 Å². The molecule has 28 heavy (non-hydrogen) atoms. The van der Waals surface area contributed by atoms with Gasteiger partial charge in [0.2, 0.25) is 0 Å². The molecule has 0 fully saturated rings. The molecule has 0 atom stereocenters. The van der Waals surface area contributed by atoms with Crippen LogP contribution in [0.2, 0.25) is 0 Å². The molecule has 144 valence electrons. The minimum absolute atomic E-state index is 0.120. The number of hydrogen-bond donors (Lipinski definition) is 0. The van der Waals surface area contributed by atoms with Crippen molar-refractivity contribution in [2.75, 3.05) is 5.75 Å². The lowest BCUT2D eigenvalue weighted by Crippen LogP contribution is -2.23. The van der Waals surface area contributed by atoms with E-state index in [2.05, 4.69) is 4.98 Å². The van der Waals surface area contributed by atoms with Crippen LogP contribution in [0.4, 0.5) is 13.2 Å². The molecule has 0 aliphatic carbocycles. The number of benzene rings is 2. The third-order valence-electron chi connectivity index (χ3n) is 4.30. The maximum atomic E-state index is 13.0. The predicted molar refractivity (Wildman–Crippen MR) is 105 cm³/mol. The average molecular weight is 420 g/mol. The normalized spacial score (nSPS) is 13.5. The fourth-order valence-electron chi connectivity index (χ4n) is 2.98. The number of thioether (sulfide) groups is 2. The smallest absolute Gasteiger partial charge is 0.268 e. The Labute approximate surface area is 168 Å². The maximum absolute atomic E-state index is 13.0. The molecule has 0 bridgehead atoms. The van der Waals surface area contributed by atoms with E-state index in [-0.39, 0.29) is 11.3 Å². The van der Waals surface area contributed by atoms with Crippen LogP contribution in [0.15, 0.2) is 69.4 Å². The van der Waals surface area contributed by atoms with Crippen molar-refractivity contribution in [2.24, 2.45) is 0 Å². The number of nitrogens with zero attached hydrogens (tertiary/aromatic N) is 2. The fraction of sp³-hybridized carbons (Fsp3) is 0.200. The van der Waals surface area contributed by atoms with Crippen molar-refractivity contribution in [1.82, 2.24) is 9.55 Å². The zero-order chi connectivity index (χ0) is 19.7. The summed E-state index contributed by atoms with van der Waals surface area (Å²) in [5.41, 5.74) is 1.20. The Balaban J connectivity index is 1.70. The molecule has 0 spiro atoms. The molecule has 0 radical (unpaired) electrons. The van der Waals surface area contributed by atoms with Crippen molar-refractivity contribution < 1.29 is 13.2 Å². The van der Waals surface area contributed by atoms with Crippen molar-refractivity contribution >= 4 is 23.5 Å². The van der Waals surface area contributed by atoms with E-state index < -0.39 is 11.7 Å². The van der Waals surface area contributed by atoms with Gasteiger partial charge in [0.25, 0.3) is 5.56 Å². The Morgan fingerprint density at radius 3 is 2.64 bits per heavy atom. The summed E-state index contributed by atoms with van der Waals surface area (Å²) in [5, 5.41) is 0.495. The van der Waals surface area contributed by atoms with Crippen LogP contribution < -0.4 is 5.56 Å². The Kier molecular flexibility index (Phi) is 5.25. The Morgan fingerprint density at radius 2 is 1.89 bits per heavy atom. The minimum Gasteiger partial charge on any atom is -0.268 e. The largest absolute Gasteiger partial charge is 0.416 e. The third kappa shape index (κ3) is 3.84. The first-order valence-corrected chi connectivity index (χ1v) is 10.5. The number of rotatable bonds is 4. The van der Waals surface area contributed by atoms with E-state index in [4.69, 9.17) is 0 Å². The van der Waals surface area contributed by atoms with Crippen molar-refractivity contribution in [3.63, 3.8) is 0 Å². The first kappa shape index (κ1) is 19.1. The standard InChI is InChI=1S/C20H15F3N2OS2/c21-20(22,23)14-6-4-5-13(11-14)12-28-19-24-16-9-10-27-17(16)18(26)25(19)15-7-2-1-3-8-15/h1-8,11H,9-10,12H2. The lowest BCUT2D eigenvalue weighted by Gasteiger charge is -2.14. The summed E-state index contributed by atoms with van der Waals surface area (Å²) < 4.78 is 40.4. The quantitative estimate of drug-likeness (QED) is 0.430. The van der Waals surface area contributed by atoms with Crippen LogP contribution in [0.5, 0.6) is 0 Å². The van der Waals surface area contributed by atoms with Crippen LogP contribution in [0.1, 0.15) is 16.8 Å². The highest BCUT2D eigenvalue weighted by Gasteiger charge is 2.30. The fourth-order valence-corrected chi connectivity index (χ4v) is 4.98. The zero-order valence-electron chi connectivity index (χ0n) is 14.6. The maximum Gasteiger partial charge on any atom is 0.416 e. The van der Waals surface area contributed by atoms with E-state index in [0.717, 1.165) is 30.0 Å². The molecule has 0 saturated heterocycles. The summed E-state index contributed by atoms with van der Waals surface area (Å²) >= 11 is 2.77. The van der Waals surface area contributed by atoms with E-state index in [9.17, 15) is 18.0 Å². The van der Waals surface area contributed by atoms with Gasteiger partial charge in [0.1, 0.15) is 0 Å². The lowest BCUT2D eigenvalue weighted by atomic mass is 10.1. The minimum atomic E-state index is -4.38. The highest BCUT2D eigenvalue weighted by Crippen LogP contribution is 2.33. The van der Waals surface area contributed by atoms with E-state index >= 15 is 0 Å². The number of fused-ring (bicyclic) bond motifs is 1. The molecule has 3 aromatic rings. The van der Waals surface area contributed by atoms with Gasteiger partial charge in [0.05, 0.1) is 21.8 Å². The molecule has 0 saturated carbocycles. The topological polar surface area (TPSA) is 34.9 Å². The number of para-hydroxylation sites is 1. The third-order valence-corrected chi connectivity index (χ3v) is 6.42. The van der Waals surface area contributed by atoms with Crippen LogP contribution in [0.25, 0.3) is 5.69 Å². The molecule has 8 heteroatoms. The monoisotopic (exact) mass is 420 g/mol. The molecule has 2 heterocycles. The second kappa shape index (κ2) is 7.67. The second-order valence-electron chi connectivity index (χ2n) is 6.23. The van der Waals surface area contributed by atoms with Gasteiger partial charge >= 0.3 is 6.18 Å². The Hall–Kier alpha value is -2.19.